The third-order valence-corrected chi connectivity index (χ3v) is 26.4. The van der Waals surface area contributed by atoms with Crippen LogP contribution in [-0.4, -0.2) is 75.6 Å². The summed E-state index contributed by atoms with van der Waals surface area (Å²) in [5.74, 6) is 0. The SMILES string of the molecule is CN(C)[C@@H]1CCCC[C@H]1N(C)C[Si@](C)([CH2][Sn]([CH3])([CH3])[CH3])c1ccccc1. The summed E-state index contributed by atoms with van der Waals surface area (Å²) < 4.78 is 1.55. The fourth-order valence-electron chi connectivity index (χ4n) is 5.14. The van der Waals surface area contributed by atoms with E-state index >= 15 is 0 Å². The van der Waals surface area contributed by atoms with E-state index in [1.807, 2.05) is 0 Å². The van der Waals surface area contributed by atoms with E-state index in [4.69, 9.17) is 0 Å². The van der Waals surface area contributed by atoms with Gasteiger partial charge in [0.25, 0.3) is 0 Å². The number of hydrogen-bond acceptors (Lipinski definition) is 2. The molecule has 0 N–H and O–H groups in total. The summed E-state index contributed by atoms with van der Waals surface area (Å²) >= 11 is -1.87. The van der Waals surface area contributed by atoms with Crippen molar-refractivity contribution in [3.63, 3.8) is 0 Å². The van der Waals surface area contributed by atoms with Gasteiger partial charge < -0.3 is 0 Å². The van der Waals surface area contributed by atoms with Gasteiger partial charge in [0.15, 0.2) is 0 Å². The number of rotatable bonds is 7. The first-order valence-corrected chi connectivity index (χ1v) is 23.5. The molecule has 0 aliphatic heterocycles. The van der Waals surface area contributed by atoms with Gasteiger partial charge in [0.05, 0.1) is 0 Å². The second kappa shape index (κ2) is 8.90. The molecule has 0 heterocycles. The third kappa shape index (κ3) is 6.08. The van der Waals surface area contributed by atoms with Crippen LogP contribution in [0.5, 0.6) is 0 Å². The van der Waals surface area contributed by atoms with Gasteiger partial charge in [-0.3, -0.25) is 0 Å². The summed E-state index contributed by atoms with van der Waals surface area (Å²) in [6.45, 7) is 2.66. The van der Waals surface area contributed by atoms with E-state index in [0.29, 0.717) is 0 Å². The van der Waals surface area contributed by atoms with Crippen molar-refractivity contribution in [3.8, 4) is 0 Å². The van der Waals surface area contributed by atoms with Crippen LogP contribution >= 0.6 is 0 Å². The molecule has 0 aromatic heterocycles. The zero-order valence-electron chi connectivity index (χ0n) is 17.7. The Balaban J connectivity index is 2.23. The molecular formula is C21H40N2SiSn. The molecule has 25 heavy (non-hydrogen) atoms. The average Bonchev–Trinajstić information content (AvgIpc) is 2.53. The molecule has 2 nitrogen and oxygen atoms in total. The van der Waals surface area contributed by atoms with Crippen LogP contribution in [0.25, 0.3) is 0 Å². The molecule has 0 radical (unpaired) electrons. The molecule has 0 spiro atoms. The number of hydrogen-bond donors (Lipinski definition) is 0. The molecule has 0 unspecified atom stereocenters. The van der Waals surface area contributed by atoms with Crippen molar-refractivity contribution in [2.24, 2.45) is 0 Å². The molecular weight excluding hydrogens is 427 g/mol. The van der Waals surface area contributed by atoms with Gasteiger partial charge in [0, 0.05) is 0 Å². The summed E-state index contributed by atoms with van der Waals surface area (Å²) in [4.78, 5) is 13.1. The van der Waals surface area contributed by atoms with E-state index in [2.05, 4.69) is 82.6 Å². The number of benzene rings is 1. The Labute approximate surface area is 161 Å². The predicted octanol–water partition coefficient (Wildman–Crippen LogP) is 4.19. The van der Waals surface area contributed by atoms with Crippen LogP contribution < -0.4 is 5.19 Å². The van der Waals surface area contributed by atoms with Gasteiger partial charge in [-0.2, -0.15) is 0 Å². The Morgan fingerprint density at radius 2 is 1.52 bits per heavy atom. The van der Waals surface area contributed by atoms with Gasteiger partial charge in [0.1, 0.15) is 0 Å². The quantitative estimate of drug-likeness (QED) is 0.555. The van der Waals surface area contributed by atoms with E-state index in [0.717, 1.165) is 12.1 Å². The van der Waals surface area contributed by atoms with Crippen molar-refractivity contribution in [3.05, 3.63) is 30.3 Å². The first-order chi connectivity index (χ1) is 11.6. The predicted molar refractivity (Wildman–Crippen MR) is 118 cm³/mol. The van der Waals surface area contributed by atoms with Crippen LogP contribution in [0, 0.1) is 0 Å². The fraction of sp³-hybridized carbons (Fsp3) is 0.714. The topological polar surface area (TPSA) is 6.48 Å². The summed E-state index contributed by atoms with van der Waals surface area (Å²) in [7, 11) is 5.49. The van der Waals surface area contributed by atoms with Crippen LogP contribution in [0.1, 0.15) is 25.7 Å². The van der Waals surface area contributed by atoms with E-state index in [9.17, 15) is 0 Å². The van der Waals surface area contributed by atoms with Gasteiger partial charge in [0.2, 0.25) is 0 Å². The molecule has 1 aromatic rings. The van der Waals surface area contributed by atoms with Crippen molar-refractivity contribution in [2.45, 2.75) is 63.2 Å². The van der Waals surface area contributed by atoms with Gasteiger partial charge in [-0.1, -0.05) is 0 Å². The average molecular weight is 467 g/mol. The summed E-state index contributed by atoms with van der Waals surface area (Å²) in [6, 6.07) is 13.0. The summed E-state index contributed by atoms with van der Waals surface area (Å²) in [5, 5.41) is 1.67. The first kappa shape index (κ1) is 21.5. The van der Waals surface area contributed by atoms with E-state index in [-0.39, 0.29) is 0 Å². The molecule has 1 aliphatic rings. The maximum absolute atomic E-state index is 2.76. The second-order valence-corrected chi connectivity index (χ2v) is 32.0. The van der Waals surface area contributed by atoms with Crippen LogP contribution in [0.4, 0.5) is 0 Å². The van der Waals surface area contributed by atoms with E-state index < -0.39 is 26.5 Å². The standard InChI is InChI=1S/C18H31N2Si.3CH3.Sn/c1-19(2)17-13-9-10-14-18(17)20(3)15-21(4,5)16-11-7-6-8-12-16;;;;/h6-8,11-12,17-18H,4,9-10,13-15H2,1-3,5H3;3*1H3;/t17-,18-,21-;;;;/m1..../s1. The minimum atomic E-state index is -1.87. The monoisotopic (exact) mass is 468 g/mol. The summed E-state index contributed by atoms with van der Waals surface area (Å²) in [6.07, 6.45) is 6.86. The van der Waals surface area contributed by atoms with Crippen LogP contribution in [0.2, 0.25) is 25.4 Å². The first-order valence-electron chi connectivity index (χ1n) is 10.0. The Hall–Kier alpha value is 0.156. The second-order valence-electron chi connectivity index (χ2n) is 9.96. The van der Waals surface area contributed by atoms with Crippen molar-refractivity contribution < 1.29 is 0 Å². The Bertz CT molecular complexity index is 528. The van der Waals surface area contributed by atoms with Crippen LogP contribution in [0.3, 0.4) is 0 Å². The molecule has 0 saturated heterocycles. The molecule has 142 valence electrons. The molecule has 2 rings (SSSR count). The normalized spacial score (nSPS) is 24.5. The van der Waals surface area contributed by atoms with Crippen molar-refractivity contribution in [2.75, 3.05) is 27.3 Å². The van der Waals surface area contributed by atoms with Crippen molar-refractivity contribution in [1.29, 1.82) is 0 Å². The van der Waals surface area contributed by atoms with Gasteiger partial charge in [-0.05, 0) is 0 Å². The molecule has 1 aromatic carbocycles. The van der Waals surface area contributed by atoms with Crippen molar-refractivity contribution >= 4 is 31.6 Å². The van der Waals surface area contributed by atoms with Crippen LogP contribution in [0.15, 0.2) is 30.3 Å². The third-order valence-electron chi connectivity index (χ3n) is 5.91. The Morgan fingerprint density at radius 1 is 0.960 bits per heavy atom. The molecule has 4 heteroatoms. The van der Waals surface area contributed by atoms with Gasteiger partial charge in [-0.15, -0.1) is 0 Å². The maximum atomic E-state index is 2.76. The van der Waals surface area contributed by atoms with Gasteiger partial charge >= 0.3 is 162 Å². The Kier molecular flexibility index (Phi) is 7.64. The molecule has 1 aliphatic carbocycles. The number of nitrogens with zero attached hydrogens (tertiary/aromatic N) is 2. The summed E-state index contributed by atoms with van der Waals surface area (Å²) in [5.41, 5.74) is 0. The zero-order valence-corrected chi connectivity index (χ0v) is 21.5. The molecule has 0 amide bonds. The van der Waals surface area contributed by atoms with Crippen LogP contribution in [-0.2, 0) is 0 Å². The fourth-order valence-corrected chi connectivity index (χ4v) is 33.1. The molecule has 0 bridgehead atoms. The minimum absolute atomic E-state index is 0.728. The zero-order chi connectivity index (χ0) is 18.7. The van der Waals surface area contributed by atoms with E-state index in [1.165, 1.54) is 31.9 Å². The number of likely N-dealkylation sites (N-methyl/N-ethyl adjacent to an activating group) is 2. The van der Waals surface area contributed by atoms with Gasteiger partial charge in [-0.25, -0.2) is 0 Å². The molecule has 1 fully saturated rings. The Morgan fingerprint density at radius 3 is 2.04 bits per heavy atom. The van der Waals surface area contributed by atoms with Crippen molar-refractivity contribution in [1.82, 2.24) is 9.80 Å². The van der Waals surface area contributed by atoms with E-state index in [1.54, 1.807) is 9.25 Å². The molecule has 1 saturated carbocycles. The molecule has 3 atom stereocenters.